The third kappa shape index (κ3) is 4.56. The first kappa shape index (κ1) is 14.9. The molecule has 0 saturated heterocycles. The van der Waals surface area contributed by atoms with E-state index >= 15 is 0 Å². The van der Waals surface area contributed by atoms with Crippen LogP contribution >= 0.6 is 11.3 Å². The molecule has 2 rings (SSSR count). The van der Waals surface area contributed by atoms with E-state index in [1.807, 2.05) is 6.07 Å². The number of rotatable bonds is 8. The Bertz CT molecular complexity index is 520. The summed E-state index contributed by atoms with van der Waals surface area (Å²) in [5.74, 6) is -0.0837. The average molecular weight is 296 g/mol. The SMILES string of the molecule is COCCNCc1ccc(OCc2cncs2)c(F)c1. The Morgan fingerprint density at radius 2 is 2.30 bits per heavy atom. The van der Waals surface area contributed by atoms with E-state index in [1.54, 1.807) is 24.9 Å². The number of nitrogens with one attached hydrogen (secondary N) is 1. The van der Waals surface area contributed by atoms with Gasteiger partial charge in [0, 0.05) is 26.4 Å². The number of methoxy groups -OCH3 is 1. The summed E-state index contributed by atoms with van der Waals surface area (Å²) in [4.78, 5) is 4.91. The van der Waals surface area contributed by atoms with Crippen molar-refractivity contribution in [1.29, 1.82) is 0 Å². The minimum Gasteiger partial charge on any atom is -0.485 e. The molecular weight excluding hydrogens is 279 g/mol. The Morgan fingerprint density at radius 3 is 3.00 bits per heavy atom. The monoisotopic (exact) mass is 296 g/mol. The standard InChI is InChI=1S/C14H17FN2O2S/c1-18-5-4-16-7-11-2-3-14(13(15)6-11)19-9-12-8-17-10-20-12/h2-3,6,8,10,16H,4-5,7,9H2,1H3. The van der Waals surface area contributed by atoms with Crippen LogP contribution in [0.3, 0.4) is 0 Å². The maximum atomic E-state index is 13.9. The summed E-state index contributed by atoms with van der Waals surface area (Å²) < 4.78 is 24.2. The van der Waals surface area contributed by atoms with E-state index in [0.717, 1.165) is 17.0 Å². The van der Waals surface area contributed by atoms with Crippen molar-refractivity contribution in [3.05, 3.63) is 46.2 Å². The quantitative estimate of drug-likeness (QED) is 0.760. The first-order chi connectivity index (χ1) is 9.79. The molecular formula is C14H17FN2O2S. The molecule has 0 amide bonds. The van der Waals surface area contributed by atoms with Gasteiger partial charge >= 0.3 is 0 Å². The number of nitrogens with zero attached hydrogens (tertiary/aromatic N) is 1. The van der Waals surface area contributed by atoms with Crippen LogP contribution in [0.2, 0.25) is 0 Å². The van der Waals surface area contributed by atoms with Crippen molar-refractivity contribution in [1.82, 2.24) is 10.3 Å². The van der Waals surface area contributed by atoms with E-state index in [2.05, 4.69) is 10.3 Å². The molecule has 0 saturated carbocycles. The number of hydrogen-bond acceptors (Lipinski definition) is 5. The Morgan fingerprint density at radius 1 is 1.40 bits per heavy atom. The lowest BCUT2D eigenvalue weighted by Gasteiger charge is -2.08. The molecule has 0 atom stereocenters. The van der Waals surface area contributed by atoms with Gasteiger partial charge in [-0.25, -0.2) is 4.39 Å². The molecule has 1 aromatic heterocycles. The second kappa shape index (κ2) is 7.94. The Balaban J connectivity index is 1.85. The van der Waals surface area contributed by atoms with Crippen molar-refractivity contribution in [2.24, 2.45) is 0 Å². The fourth-order valence-electron chi connectivity index (χ4n) is 1.64. The van der Waals surface area contributed by atoms with Gasteiger partial charge in [0.15, 0.2) is 11.6 Å². The molecule has 0 radical (unpaired) electrons. The first-order valence-electron chi connectivity index (χ1n) is 6.28. The molecule has 0 unspecified atom stereocenters. The zero-order valence-corrected chi connectivity index (χ0v) is 12.1. The summed E-state index contributed by atoms with van der Waals surface area (Å²) in [5.41, 5.74) is 2.60. The number of aromatic nitrogens is 1. The summed E-state index contributed by atoms with van der Waals surface area (Å²) in [6.07, 6.45) is 1.72. The second-order valence-electron chi connectivity index (χ2n) is 4.19. The van der Waals surface area contributed by atoms with Crippen LogP contribution in [0.25, 0.3) is 0 Å². The smallest absolute Gasteiger partial charge is 0.165 e. The summed E-state index contributed by atoms with van der Waals surface area (Å²) in [6, 6.07) is 5.00. The molecule has 0 bridgehead atoms. The molecule has 6 heteroatoms. The van der Waals surface area contributed by atoms with E-state index < -0.39 is 0 Å². The van der Waals surface area contributed by atoms with Gasteiger partial charge in [-0.15, -0.1) is 11.3 Å². The van der Waals surface area contributed by atoms with Gasteiger partial charge in [0.2, 0.25) is 0 Å². The van der Waals surface area contributed by atoms with Gasteiger partial charge in [0.25, 0.3) is 0 Å². The molecule has 1 N–H and O–H groups in total. The highest BCUT2D eigenvalue weighted by Crippen LogP contribution is 2.20. The number of benzene rings is 1. The minimum absolute atomic E-state index is 0.263. The van der Waals surface area contributed by atoms with Crippen molar-refractivity contribution in [2.75, 3.05) is 20.3 Å². The van der Waals surface area contributed by atoms with Gasteiger partial charge in [0.05, 0.1) is 17.0 Å². The predicted molar refractivity (Wildman–Crippen MR) is 76.4 cm³/mol. The fraction of sp³-hybridized carbons (Fsp3) is 0.357. The zero-order valence-electron chi connectivity index (χ0n) is 11.3. The molecule has 0 aliphatic heterocycles. The third-order valence-electron chi connectivity index (χ3n) is 2.66. The van der Waals surface area contributed by atoms with E-state index in [-0.39, 0.29) is 11.6 Å². The molecule has 0 fully saturated rings. The number of thiazole rings is 1. The van der Waals surface area contributed by atoms with Crippen LogP contribution in [-0.4, -0.2) is 25.2 Å². The summed E-state index contributed by atoms with van der Waals surface area (Å²) in [7, 11) is 1.65. The highest BCUT2D eigenvalue weighted by molar-refractivity contribution is 7.09. The molecule has 2 aromatic rings. The average Bonchev–Trinajstić information content (AvgIpc) is 2.96. The first-order valence-corrected chi connectivity index (χ1v) is 7.16. The summed E-state index contributed by atoms with van der Waals surface area (Å²) >= 11 is 1.49. The maximum absolute atomic E-state index is 13.9. The van der Waals surface area contributed by atoms with Crippen LogP contribution in [-0.2, 0) is 17.9 Å². The lowest BCUT2D eigenvalue weighted by Crippen LogP contribution is -2.18. The van der Waals surface area contributed by atoms with Gasteiger partial charge < -0.3 is 14.8 Å². The second-order valence-corrected chi connectivity index (χ2v) is 5.16. The predicted octanol–water partition coefficient (Wildman–Crippen LogP) is 2.60. The van der Waals surface area contributed by atoms with Crippen LogP contribution in [0, 0.1) is 5.82 Å². The van der Waals surface area contributed by atoms with E-state index in [0.29, 0.717) is 19.8 Å². The van der Waals surface area contributed by atoms with Gasteiger partial charge in [-0.05, 0) is 17.7 Å². The van der Waals surface area contributed by atoms with Crippen LogP contribution < -0.4 is 10.1 Å². The maximum Gasteiger partial charge on any atom is 0.165 e. The van der Waals surface area contributed by atoms with E-state index in [4.69, 9.17) is 9.47 Å². The van der Waals surface area contributed by atoms with Crippen molar-refractivity contribution in [3.8, 4) is 5.75 Å². The topological polar surface area (TPSA) is 43.4 Å². The molecule has 1 heterocycles. The zero-order chi connectivity index (χ0) is 14.2. The Kier molecular flexibility index (Phi) is 5.91. The summed E-state index contributed by atoms with van der Waals surface area (Å²) in [5, 5.41) is 3.16. The van der Waals surface area contributed by atoms with Gasteiger partial charge in [-0.3, -0.25) is 4.98 Å². The highest BCUT2D eigenvalue weighted by Gasteiger charge is 2.05. The van der Waals surface area contributed by atoms with Gasteiger partial charge in [-0.1, -0.05) is 6.07 Å². The van der Waals surface area contributed by atoms with Gasteiger partial charge in [0.1, 0.15) is 6.61 Å². The summed E-state index contributed by atoms with van der Waals surface area (Å²) in [6.45, 7) is 2.32. The van der Waals surface area contributed by atoms with Crippen molar-refractivity contribution in [2.45, 2.75) is 13.2 Å². The molecule has 4 nitrogen and oxygen atoms in total. The van der Waals surface area contributed by atoms with Crippen LogP contribution in [0.4, 0.5) is 4.39 Å². The van der Waals surface area contributed by atoms with Crippen LogP contribution in [0.5, 0.6) is 5.75 Å². The Labute approximate surface area is 121 Å². The lowest BCUT2D eigenvalue weighted by molar-refractivity contribution is 0.199. The molecule has 0 spiro atoms. The molecule has 0 aliphatic carbocycles. The van der Waals surface area contributed by atoms with Gasteiger partial charge in [-0.2, -0.15) is 0 Å². The normalized spacial score (nSPS) is 10.7. The molecule has 1 aromatic carbocycles. The van der Waals surface area contributed by atoms with E-state index in [9.17, 15) is 4.39 Å². The minimum atomic E-state index is -0.347. The van der Waals surface area contributed by atoms with E-state index in [1.165, 1.54) is 17.4 Å². The third-order valence-corrected chi connectivity index (χ3v) is 3.41. The largest absolute Gasteiger partial charge is 0.485 e. The molecule has 0 aliphatic rings. The Hall–Kier alpha value is -1.50. The van der Waals surface area contributed by atoms with Crippen LogP contribution in [0.15, 0.2) is 29.9 Å². The molecule has 108 valence electrons. The van der Waals surface area contributed by atoms with Crippen molar-refractivity contribution >= 4 is 11.3 Å². The van der Waals surface area contributed by atoms with Crippen LogP contribution in [0.1, 0.15) is 10.4 Å². The fourth-order valence-corrected chi connectivity index (χ4v) is 2.15. The molecule has 20 heavy (non-hydrogen) atoms. The lowest BCUT2D eigenvalue weighted by atomic mass is 10.2. The van der Waals surface area contributed by atoms with Crippen molar-refractivity contribution in [3.63, 3.8) is 0 Å². The number of hydrogen-bond donors (Lipinski definition) is 1. The highest BCUT2D eigenvalue weighted by atomic mass is 32.1. The van der Waals surface area contributed by atoms with Crippen molar-refractivity contribution < 1.29 is 13.9 Å². The number of ether oxygens (including phenoxy) is 2. The number of halogens is 1.